The van der Waals surface area contributed by atoms with Gasteiger partial charge in [-0.1, -0.05) is 66.4 Å². The second-order valence-electron chi connectivity index (χ2n) is 14.4. The largest absolute Gasteiger partial charge is 0.457 e. The summed E-state index contributed by atoms with van der Waals surface area (Å²) >= 11 is 1.68. The summed E-state index contributed by atoms with van der Waals surface area (Å²) in [6.07, 6.45) is 3.68. The molecule has 264 valence electrons. The third-order valence-electron chi connectivity index (χ3n) is 11.6. The van der Waals surface area contributed by atoms with E-state index in [4.69, 9.17) is 14.7 Å². The second-order valence-corrected chi connectivity index (χ2v) is 15.5. The number of para-hydroxylation sites is 2. The molecule has 0 saturated carbocycles. The molecule has 5 heterocycles. The normalized spacial score (nSPS) is 13.8. The third-order valence-corrected chi connectivity index (χ3v) is 12.7. The predicted octanol–water partition coefficient (Wildman–Crippen LogP) is 11.7. The van der Waals surface area contributed by atoms with E-state index in [0.717, 1.165) is 99.5 Å². The van der Waals surface area contributed by atoms with Crippen molar-refractivity contribution >= 4 is 50.6 Å². The lowest BCUT2D eigenvalue weighted by Crippen LogP contribution is -2.32. The monoisotopic (exact) mass is 746 g/mol. The van der Waals surface area contributed by atoms with Crippen LogP contribution in [0.3, 0.4) is 0 Å². The van der Waals surface area contributed by atoms with Crippen LogP contribution in [0.2, 0.25) is 0 Å². The molecule has 1 spiro atoms. The molecule has 8 heteroatoms. The van der Waals surface area contributed by atoms with E-state index < -0.39 is 5.41 Å². The van der Waals surface area contributed by atoms with E-state index in [-0.39, 0.29) is 0 Å². The molecule has 3 aliphatic rings. The van der Waals surface area contributed by atoms with Crippen molar-refractivity contribution in [2.24, 2.45) is 0 Å². The second kappa shape index (κ2) is 11.7. The lowest BCUT2D eigenvalue weighted by molar-refractivity contribution is 0.436. The fourth-order valence-corrected chi connectivity index (χ4v) is 10.4. The summed E-state index contributed by atoms with van der Waals surface area (Å²) in [5.41, 5.74) is 12.3. The van der Waals surface area contributed by atoms with Crippen LogP contribution in [-0.4, -0.2) is 14.5 Å². The number of fused-ring (bicyclic) bond motifs is 14. The predicted molar refractivity (Wildman–Crippen MR) is 222 cm³/mol. The molecule has 0 radical (unpaired) electrons. The molecule has 0 N–H and O–H groups in total. The van der Waals surface area contributed by atoms with Crippen molar-refractivity contribution in [3.05, 3.63) is 191 Å². The first-order valence-electron chi connectivity index (χ1n) is 18.6. The van der Waals surface area contributed by atoms with E-state index in [0.29, 0.717) is 11.1 Å². The van der Waals surface area contributed by atoms with Gasteiger partial charge in [-0.05, 0) is 90.0 Å². The molecule has 0 fully saturated rings. The Morgan fingerprint density at radius 3 is 1.93 bits per heavy atom. The first kappa shape index (κ1) is 31.7. The lowest BCUT2D eigenvalue weighted by atomic mass is 9.66. The van der Waals surface area contributed by atoms with Crippen LogP contribution in [0.25, 0.3) is 38.9 Å². The van der Waals surface area contributed by atoms with Gasteiger partial charge in [0.05, 0.1) is 62.5 Å². The SMILES string of the molecule is N#Cc1ccc2c(c1)Sc1ccccc1N2c1ccc2c(c1)Oc1cc(-n3c4ccccc4c4cc(C#N)ccc43)ccc1C21c2cccnc2-c2ncccc21. The highest BCUT2D eigenvalue weighted by molar-refractivity contribution is 7.99. The fraction of sp³-hybridized carbons (Fsp3) is 0.0204. The van der Waals surface area contributed by atoms with Crippen LogP contribution < -0.4 is 9.64 Å². The standard InChI is InChI=1S/C49H26N6OS/c50-27-29-13-19-40-34(23-29)33-7-1-2-10-39(33)54(40)31-15-17-35-43(25-31)56-44-26-32(55-41-11-3-4-12-45(41)57-46-24-30(28-51)14-20-42(46)55)16-18-36(44)49(35)37-8-5-21-52-47(37)48-38(49)9-6-22-53-48/h1-26H. The summed E-state index contributed by atoms with van der Waals surface area (Å²) in [5, 5.41) is 21.6. The summed E-state index contributed by atoms with van der Waals surface area (Å²) in [7, 11) is 0. The average Bonchev–Trinajstić information content (AvgIpc) is 3.75. The third kappa shape index (κ3) is 4.25. The molecular weight excluding hydrogens is 721 g/mol. The molecule has 0 atom stereocenters. The van der Waals surface area contributed by atoms with Crippen molar-refractivity contribution in [3.8, 4) is 40.7 Å². The van der Waals surface area contributed by atoms with Gasteiger partial charge in [0.25, 0.3) is 0 Å². The van der Waals surface area contributed by atoms with Crippen molar-refractivity contribution in [1.82, 2.24) is 14.5 Å². The lowest BCUT2D eigenvalue weighted by Gasteiger charge is -2.40. The number of rotatable bonds is 2. The fourth-order valence-electron chi connectivity index (χ4n) is 9.30. The maximum Gasteiger partial charge on any atom is 0.134 e. The van der Waals surface area contributed by atoms with Gasteiger partial charge in [-0.15, -0.1) is 0 Å². The minimum absolute atomic E-state index is 0.623. The van der Waals surface area contributed by atoms with E-state index >= 15 is 0 Å². The van der Waals surface area contributed by atoms with Gasteiger partial charge in [0.15, 0.2) is 0 Å². The number of aromatic nitrogens is 3. The number of hydrogen-bond acceptors (Lipinski definition) is 7. The van der Waals surface area contributed by atoms with Crippen molar-refractivity contribution in [2.45, 2.75) is 15.2 Å². The highest BCUT2D eigenvalue weighted by atomic mass is 32.2. The molecule has 0 amide bonds. The molecule has 2 aliphatic heterocycles. The van der Waals surface area contributed by atoms with Crippen LogP contribution in [0.4, 0.5) is 17.1 Å². The highest BCUT2D eigenvalue weighted by Crippen LogP contribution is 2.62. The van der Waals surface area contributed by atoms with Crippen LogP contribution in [0.5, 0.6) is 11.5 Å². The maximum absolute atomic E-state index is 9.77. The van der Waals surface area contributed by atoms with Crippen LogP contribution in [0.15, 0.2) is 168 Å². The smallest absolute Gasteiger partial charge is 0.134 e. The van der Waals surface area contributed by atoms with Crippen molar-refractivity contribution < 1.29 is 4.74 Å². The van der Waals surface area contributed by atoms with Gasteiger partial charge < -0.3 is 14.2 Å². The van der Waals surface area contributed by atoms with Gasteiger partial charge in [-0.25, -0.2) is 0 Å². The number of hydrogen-bond donors (Lipinski definition) is 0. The number of anilines is 3. The van der Waals surface area contributed by atoms with Crippen LogP contribution in [0, 0.1) is 22.7 Å². The number of benzene rings is 6. The Morgan fingerprint density at radius 2 is 1.16 bits per heavy atom. The quantitative estimate of drug-likeness (QED) is 0.174. The number of ether oxygens (including phenoxy) is 1. The zero-order valence-corrected chi connectivity index (χ0v) is 30.8. The van der Waals surface area contributed by atoms with Gasteiger partial charge in [0.2, 0.25) is 0 Å². The van der Waals surface area contributed by atoms with E-state index in [1.165, 1.54) is 0 Å². The van der Waals surface area contributed by atoms with Crippen LogP contribution in [-0.2, 0) is 5.41 Å². The molecule has 0 saturated heterocycles. The summed E-state index contributed by atoms with van der Waals surface area (Å²) in [4.78, 5) is 14.2. The molecule has 9 aromatic rings. The van der Waals surface area contributed by atoms with E-state index in [1.54, 1.807) is 11.8 Å². The highest BCUT2D eigenvalue weighted by Gasteiger charge is 2.52. The molecule has 1 aliphatic carbocycles. The first-order chi connectivity index (χ1) is 28.1. The molecule has 0 bridgehead atoms. The van der Waals surface area contributed by atoms with Crippen molar-refractivity contribution in [1.29, 1.82) is 10.5 Å². The molecule has 6 aromatic carbocycles. The van der Waals surface area contributed by atoms with Gasteiger partial charge in [-0.2, -0.15) is 10.5 Å². The Kier molecular flexibility index (Phi) is 6.49. The Balaban J connectivity index is 1.12. The Hall–Kier alpha value is -7.65. The average molecular weight is 747 g/mol. The van der Waals surface area contributed by atoms with Crippen molar-refractivity contribution in [2.75, 3.05) is 4.90 Å². The molecule has 3 aromatic heterocycles. The first-order valence-corrected chi connectivity index (χ1v) is 19.4. The topological polar surface area (TPSA) is 90.8 Å². The Morgan fingerprint density at radius 1 is 0.526 bits per heavy atom. The summed E-state index contributed by atoms with van der Waals surface area (Å²) in [5.74, 6) is 1.47. The zero-order chi connectivity index (χ0) is 37.8. The minimum atomic E-state index is -0.759. The number of nitriles is 2. The Bertz CT molecular complexity index is 3270. The van der Waals surface area contributed by atoms with Crippen molar-refractivity contribution in [3.63, 3.8) is 0 Å². The zero-order valence-electron chi connectivity index (χ0n) is 30.0. The van der Waals surface area contributed by atoms with Crippen LogP contribution in [0.1, 0.15) is 33.4 Å². The van der Waals surface area contributed by atoms with E-state index in [2.05, 4.69) is 100 Å². The van der Waals surface area contributed by atoms with Gasteiger partial charge in [0.1, 0.15) is 11.5 Å². The van der Waals surface area contributed by atoms with E-state index in [9.17, 15) is 10.5 Å². The molecule has 7 nitrogen and oxygen atoms in total. The molecule has 12 rings (SSSR count). The van der Waals surface area contributed by atoms with Gasteiger partial charge >= 0.3 is 0 Å². The molecule has 0 unspecified atom stereocenters. The maximum atomic E-state index is 9.77. The van der Waals surface area contributed by atoms with Gasteiger partial charge in [-0.3, -0.25) is 9.97 Å². The van der Waals surface area contributed by atoms with E-state index in [1.807, 2.05) is 79.1 Å². The summed E-state index contributed by atoms with van der Waals surface area (Å²) < 4.78 is 9.42. The van der Waals surface area contributed by atoms with Crippen LogP contribution >= 0.6 is 11.8 Å². The Labute approximate surface area is 331 Å². The summed E-state index contributed by atoms with van der Waals surface area (Å²) in [6, 6.07) is 54.5. The molecular formula is C49H26N6OS. The summed E-state index contributed by atoms with van der Waals surface area (Å²) in [6.45, 7) is 0. The molecule has 57 heavy (non-hydrogen) atoms. The number of pyridine rings is 2. The minimum Gasteiger partial charge on any atom is -0.457 e. The number of nitrogens with zero attached hydrogens (tertiary/aromatic N) is 6. The van der Waals surface area contributed by atoms with Gasteiger partial charge in [0, 0.05) is 67.6 Å².